The Balaban J connectivity index is 0.000001000. The molecule has 0 atom stereocenters. The van der Waals surface area contributed by atoms with Crippen molar-refractivity contribution in [1.29, 1.82) is 0 Å². The quantitative estimate of drug-likeness (QED) is 0.731. The normalized spacial score (nSPS) is 19.4. The van der Waals surface area contributed by atoms with Crippen molar-refractivity contribution in [2.75, 3.05) is 6.54 Å². The Morgan fingerprint density at radius 3 is 2.36 bits per heavy atom. The monoisotopic (exact) mass is 229 g/mol. The standard InChI is InChI=1S/C9H18N.Y/c1-2-8-10-9-6-4-3-5-7-9;/h9-10H,1-8H2;/q-1;. The van der Waals surface area contributed by atoms with E-state index in [9.17, 15) is 0 Å². The van der Waals surface area contributed by atoms with E-state index < -0.39 is 0 Å². The number of nitrogens with one attached hydrogen (secondary N) is 1. The molecule has 1 radical (unpaired) electrons. The summed E-state index contributed by atoms with van der Waals surface area (Å²) in [6, 6.07) is 0.815. The second-order valence-corrected chi connectivity index (χ2v) is 3.14. The Labute approximate surface area is 95.6 Å². The van der Waals surface area contributed by atoms with Crippen LogP contribution in [0.25, 0.3) is 0 Å². The summed E-state index contributed by atoms with van der Waals surface area (Å²) < 4.78 is 0. The van der Waals surface area contributed by atoms with Crippen molar-refractivity contribution < 1.29 is 32.7 Å². The maximum atomic E-state index is 3.81. The molecule has 0 aromatic heterocycles. The minimum atomic E-state index is 0. The fourth-order valence-corrected chi connectivity index (χ4v) is 1.61. The van der Waals surface area contributed by atoms with Crippen LogP contribution in [0.5, 0.6) is 0 Å². The molecular formula is C9H18NY-. The van der Waals surface area contributed by atoms with Crippen LogP contribution in [0.15, 0.2) is 0 Å². The van der Waals surface area contributed by atoms with Crippen LogP contribution in [-0.2, 0) is 32.7 Å². The molecule has 1 rings (SSSR count). The zero-order valence-corrected chi connectivity index (χ0v) is 10.1. The topological polar surface area (TPSA) is 12.0 Å². The van der Waals surface area contributed by atoms with Crippen LogP contribution >= 0.6 is 0 Å². The van der Waals surface area contributed by atoms with Gasteiger partial charge in [0.05, 0.1) is 0 Å². The van der Waals surface area contributed by atoms with Crippen LogP contribution in [0.1, 0.15) is 38.5 Å². The van der Waals surface area contributed by atoms with E-state index >= 15 is 0 Å². The van der Waals surface area contributed by atoms with E-state index in [0.717, 1.165) is 19.0 Å². The fourth-order valence-electron chi connectivity index (χ4n) is 1.61. The van der Waals surface area contributed by atoms with Gasteiger partial charge in [0, 0.05) is 38.8 Å². The first-order valence-corrected chi connectivity index (χ1v) is 4.46. The first kappa shape index (κ1) is 12.1. The third kappa shape index (κ3) is 5.33. The van der Waals surface area contributed by atoms with Crippen molar-refractivity contribution in [1.82, 2.24) is 5.32 Å². The molecule has 0 amide bonds. The summed E-state index contributed by atoms with van der Waals surface area (Å²) in [4.78, 5) is 0. The second-order valence-electron chi connectivity index (χ2n) is 3.14. The average molecular weight is 229 g/mol. The van der Waals surface area contributed by atoms with Crippen molar-refractivity contribution in [3.05, 3.63) is 6.92 Å². The van der Waals surface area contributed by atoms with Crippen LogP contribution in [0, 0.1) is 6.92 Å². The Morgan fingerprint density at radius 1 is 1.18 bits per heavy atom. The predicted octanol–water partition coefficient (Wildman–Crippen LogP) is 2.13. The molecule has 0 heterocycles. The largest absolute Gasteiger partial charge is 0.342 e. The summed E-state index contributed by atoms with van der Waals surface area (Å²) in [7, 11) is 0. The molecule has 2 heteroatoms. The smallest absolute Gasteiger partial charge is 0.00660 e. The molecule has 1 N–H and O–H groups in total. The molecule has 63 valence electrons. The summed E-state index contributed by atoms with van der Waals surface area (Å²) in [6.07, 6.45) is 8.10. The Hall–Kier alpha value is 1.06. The summed E-state index contributed by atoms with van der Waals surface area (Å²) in [5.74, 6) is 0. The van der Waals surface area contributed by atoms with Gasteiger partial charge in [0.15, 0.2) is 0 Å². The van der Waals surface area contributed by atoms with Gasteiger partial charge in [-0.05, 0) is 19.4 Å². The van der Waals surface area contributed by atoms with Crippen LogP contribution in [0.3, 0.4) is 0 Å². The SMILES string of the molecule is [CH2-]CCNC1CCCCC1.[Y]. The van der Waals surface area contributed by atoms with Crippen molar-refractivity contribution in [2.24, 2.45) is 0 Å². The molecular weight excluding hydrogens is 211 g/mol. The number of hydrogen-bond donors (Lipinski definition) is 1. The van der Waals surface area contributed by atoms with Gasteiger partial charge in [-0.1, -0.05) is 19.3 Å². The average Bonchev–Trinajstić information content (AvgIpc) is 2.03. The zero-order chi connectivity index (χ0) is 7.23. The number of rotatable bonds is 3. The molecule has 1 saturated carbocycles. The molecule has 1 fully saturated rings. The fraction of sp³-hybridized carbons (Fsp3) is 0.889. The van der Waals surface area contributed by atoms with Gasteiger partial charge in [-0.15, -0.1) is 0 Å². The van der Waals surface area contributed by atoms with E-state index in [1.165, 1.54) is 32.1 Å². The summed E-state index contributed by atoms with van der Waals surface area (Å²) in [5, 5.41) is 3.51. The summed E-state index contributed by atoms with van der Waals surface area (Å²) in [5.41, 5.74) is 0. The molecule has 1 aliphatic carbocycles. The van der Waals surface area contributed by atoms with Gasteiger partial charge in [-0.2, -0.15) is 6.42 Å². The third-order valence-electron chi connectivity index (χ3n) is 2.21. The van der Waals surface area contributed by atoms with Crippen LogP contribution in [-0.4, -0.2) is 12.6 Å². The van der Waals surface area contributed by atoms with Crippen molar-refractivity contribution in [3.63, 3.8) is 0 Å². The van der Waals surface area contributed by atoms with Crippen LogP contribution in [0.4, 0.5) is 0 Å². The van der Waals surface area contributed by atoms with E-state index in [0.29, 0.717) is 0 Å². The van der Waals surface area contributed by atoms with Crippen LogP contribution < -0.4 is 5.32 Å². The molecule has 0 aromatic rings. The third-order valence-corrected chi connectivity index (χ3v) is 2.21. The van der Waals surface area contributed by atoms with Crippen molar-refractivity contribution in [3.8, 4) is 0 Å². The van der Waals surface area contributed by atoms with Crippen molar-refractivity contribution >= 4 is 0 Å². The molecule has 0 unspecified atom stereocenters. The first-order chi connectivity index (χ1) is 4.93. The van der Waals surface area contributed by atoms with E-state index in [-0.39, 0.29) is 32.7 Å². The van der Waals surface area contributed by atoms with Crippen molar-refractivity contribution in [2.45, 2.75) is 44.6 Å². The van der Waals surface area contributed by atoms with Gasteiger partial charge in [0.1, 0.15) is 0 Å². The van der Waals surface area contributed by atoms with Crippen LogP contribution in [0.2, 0.25) is 0 Å². The molecule has 0 aromatic carbocycles. The van der Waals surface area contributed by atoms with E-state index in [1.807, 2.05) is 0 Å². The minimum Gasteiger partial charge on any atom is -0.342 e. The van der Waals surface area contributed by atoms with Gasteiger partial charge in [-0.25, -0.2) is 0 Å². The van der Waals surface area contributed by atoms with Gasteiger partial charge in [0.25, 0.3) is 0 Å². The Bertz CT molecular complexity index is 79.6. The first-order valence-electron chi connectivity index (χ1n) is 4.46. The molecule has 0 saturated heterocycles. The van der Waals surface area contributed by atoms with Gasteiger partial charge in [-0.3, -0.25) is 0 Å². The van der Waals surface area contributed by atoms with Gasteiger partial charge < -0.3 is 12.2 Å². The van der Waals surface area contributed by atoms with Gasteiger partial charge in [0.2, 0.25) is 0 Å². The van der Waals surface area contributed by atoms with E-state index in [1.54, 1.807) is 0 Å². The zero-order valence-electron chi connectivity index (χ0n) is 7.31. The van der Waals surface area contributed by atoms with Gasteiger partial charge >= 0.3 is 0 Å². The predicted molar refractivity (Wildman–Crippen MR) is 44.8 cm³/mol. The van der Waals surface area contributed by atoms with E-state index in [4.69, 9.17) is 0 Å². The molecule has 1 aliphatic rings. The maximum Gasteiger partial charge on any atom is 0.00660 e. The molecule has 1 nitrogen and oxygen atoms in total. The Morgan fingerprint density at radius 2 is 1.82 bits per heavy atom. The second kappa shape index (κ2) is 7.70. The molecule has 0 spiro atoms. The maximum absolute atomic E-state index is 3.81. The molecule has 0 bridgehead atoms. The number of hydrogen-bond acceptors (Lipinski definition) is 1. The summed E-state index contributed by atoms with van der Waals surface area (Å²) >= 11 is 0. The summed E-state index contributed by atoms with van der Waals surface area (Å²) in [6.45, 7) is 4.91. The minimum absolute atomic E-state index is 0. The Kier molecular flexibility index (Phi) is 8.44. The van der Waals surface area contributed by atoms with E-state index in [2.05, 4.69) is 12.2 Å². The molecule has 0 aliphatic heterocycles. The molecule has 11 heavy (non-hydrogen) atoms.